The van der Waals surface area contributed by atoms with E-state index in [1.54, 1.807) is 0 Å². The molecule has 0 spiro atoms. The van der Waals surface area contributed by atoms with Crippen molar-refractivity contribution in [1.82, 2.24) is 0 Å². The largest absolute Gasteiger partial charge is 0.0952 e. The molecule has 0 bridgehead atoms. The summed E-state index contributed by atoms with van der Waals surface area (Å²) in [5.41, 5.74) is 0. The number of thioether (sulfide) groups is 1. The van der Waals surface area contributed by atoms with Gasteiger partial charge in [-0.1, -0.05) is 55.8 Å². The van der Waals surface area contributed by atoms with Gasteiger partial charge in [0.1, 0.15) is 0 Å². The van der Waals surface area contributed by atoms with Gasteiger partial charge >= 0.3 is 0 Å². The first kappa shape index (κ1) is 11.4. The van der Waals surface area contributed by atoms with Crippen LogP contribution >= 0.6 is 11.8 Å². The van der Waals surface area contributed by atoms with Crippen molar-refractivity contribution in [2.75, 3.05) is 0 Å². The second kappa shape index (κ2) is 6.72. The zero-order valence-electron chi connectivity index (χ0n) is 8.99. The molecule has 1 aromatic carbocycles. The Bertz CT molecular complexity index is 275. The first-order chi connectivity index (χ1) is 6.83. The highest BCUT2D eigenvalue weighted by molar-refractivity contribution is 8.03. The summed E-state index contributed by atoms with van der Waals surface area (Å²) in [6, 6.07) is 10.5. The van der Waals surface area contributed by atoms with E-state index in [4.69, 9.17) is 0 Å². The van der Waals surface area contributed by atoms with E-state index >= 15 is 0 Å². The van der Waals surface area contributed by atoms with Crippen LogP contribution in [0.2, 0.25) is 0 Å². The Kier molecular flexibility index (Phi) is 5.46. The molecule has 0 N–H and O–H groups in total. The second-order valence-electron chi connectivity index (χ2n) is 3.37. The van der Waals surface area contributed by atoms with Crippen LogP contribution in [0.25, 0.3) is 0 Å². The van der Waals surface area contributed by atoms with Gasteiger partial charge in [0.05, 0.1) is 0 Å². The number of unbranched alkanes of at least 4 members (excludes halogenated alkanes) is 2. The maximum Gasteiger partial charge on any atom is 0.0118 e. The predicted octanol–water partition coefficient (Wildman–Crippen LogP) is 4.87. The van der Waals surface area contributed by atoms with E-state index in [0.29, 0.717) is 0 Å². The summed E-state index contributed by atoms with van der Waals surface area (Å²) in [5.74, 6) is 0. The van der Waals surface area contributed by atoms with Crippen molar-refractivity contribution in [3.05, 3.63) is 41.3 Å². The normalized spacial score (nSPS) is 11.7. The smallest absolute Gasteiger partial charge is 0.0118 e. The van der Waals surface area contributed by atoms with E-state index in [-0.39, 0.29) is 0 Å². The third kappa shape index (κ3) is 4.52. The van der Waals surface area contributed by atoms with Gasteiger partial charge in [0.2, 0.25) is 0 Å². The van der Waals surface area contributed by atoms with Crippen molar-refractivity contribution in [2.24, 2.45) is 0 Å². The SMILES string of the molecule is CCCC/C=C(/C)Sc1ccccc1. The average Bonchev–Trinajstić information content (AvgIpc) is 2.20. The summed E-state index contributed by atoms with van der Waals surface area (Å²) in [6.45, 7) is 4.42. The Labute approximate surface area is 91.4 Å². The number of hydrogen-bond acceptors (Lipinski definition) is 1. The molecule has 0 heterocycles. The molecule has 0 radical (unpaired) electrons. The lowest BCUT2D eigenvalue weighted by atomic mass is 10.2. The molecule has 0 amide bonds. The van der Waals surface area contributed by atoms with Gasteiger partial charge in [-0.25, -0.2) is 0 Å². The number of rotatable bonds is 5. The summed E-state index contributed by atoms with van der Waals surface area (Å²) in [7, 11) is 0. The third-order valence-electron chi connectivity index (χ3n) is 2.01. The molecule has 0 aliphatic rings. The quantitative estimate of drug-likeness (QED) is 0.489. The third-order valence-corrected chi connectivity index (χ3v) is 3.01. The molecule has 0 aromatic heterocycles. The van der Waals surface area contributed by atoms with Crippen LogP contribution in [0, 0.1) is 0 Å². The van der Waals surface area contributed by atoms with Crippen molar-refractivity contribution in [2.45, 2.75) is 38.0 Å². The Balaban J connectivity index is 2.40. The topological polar surface area (TPSA) is 0 Å². The Morgan fingerprint density at radius 1 is 1.29 bits per heavy atom. The van der Waals surface area contributed by atoms with Crippen LogP contribution in [0.3, 0.4) is 0 Å². The Morgan fingerprint density at radius 2 is 2.00 bits per heavy atom. The van der Waals surface area contributed by atoms with Crippen LogP contribution < -0.4 is 0 Å². The van der Waals surface area contributed by atoms with Crippen LogP contribution in [-0.4, -0.2) is 0 Å². The van der Waals surface area contributed by atoms with Crippen LogP contribution in [0.4, 0.5) is 0 Å². The van der Waals surface area contributed by atoms with E-state index in [1.807, 2.05) is 11.8 Å². The monoisotopic (exact) mass is 206 g/mol. The molecule has 0 fully saturated rings. The van der Waals surface area contributed by atoms with Crippen molar-refractivity contribution < 1.29 is 0 Å². The second-order valence-corrected chi connectivity index (χ2v) is 4.69. The molecule has 14 heavy (non-hydrogen) atoms. The molecular weight excluding hydrogens is 188 g/mol. The van der Waals surface area contributed by atoms with Gasteiger partial charge in [0.25, 0.3) is 0 Å². The lowest BCUT2D eigenvalue weighted by molar-refractivity contribution is 0.813. The van der Waals surface area contributed by atoms with Crippen molar-refractivity contribution in [3.63, 3.8) is 0 Å². The van der Waals surface area contributed by atoms with Gasteiger partial charge in [0.15, 0.2) is 0 Å². The zero-order valence-corrected chi connectivity index (χ0v) is 9.81. The van der Waals surface area contributed by atoms with E-state index in [9.17, 15) is 0 Å². The fourth-order valence-corrected chi connectivity index (χ4v) is 2.09. The van der Waals surface area contributed by atoms with Gasteiger partial charge in [0, 0.05) is 4.90 Å². The first-order valence-electron chi connectivity index (χ1n) is 5.22. The van der Waals surface area contributed by atoms with Gasteiger partial charge in [-0.3, -0.25) is 0 Å². The van der Waals surface area contributed by atoms with E-state index in [0.717, 1.165) is 0 Å². The van der Waals surface area contributed by atoms with Crippen LogP contribution in [0.5, 0.6) is 0 Å². The number of allylic oxidation sites excluding steroid dienone is 2. The van der Waals surface area contributed by atoms with Gasteiger partial charge in [-0.05, 0) is 30.4 Å². The molecule has 0 saturated heterocycles. The minimum absolute atomic E-state index is 1.21. The maximum absolute atomic E-state index is 2.33. The molecule has 0 atom stereocenters. The van der Waals surface area contributed by atoms with E-state index in [2.05, 4.69) is 50.3 Å². The standard InChI is InChI=1S/C13H18S/c1-3-4-6-9-12(2)14-13-10-7-5-8-11-13/h5,7-11H,3-4,6H2,1-2H3/b12-9-. The predicted molar refractivity (Wildman–Crippen MR) is 65.6 cm³/mol. The van der Waals surface area contributed by atoms with Crippen molar-refractivity contribution in [1.29, 1.82) is 0 Å². The van der Waals surface area contributed by atoms with Gasteiger partial charge in [-0.15, -0.1) is 0 Å². The molecule has 1 aromatic rings. The fourth-order valence-electron chi connectivity index (χ4n) is 1.23. The Morgan fingerprint density at radius 3 is 2.64 bits per heavy atom. The summed E-state index contributed by atoms with van der Waals surface area (Å²) in [5, 5.41) is 0. The molecular formula is C13H18S. The van der Waals surface area contributed by atoms with E-state index in [1.165, 1.54) is 29.1 Å². The molecule has 0 aliphatic heterocycles. The van der Waals surface area contributed by atoms with Gasteiger partial charge in [-0.2, -0.15) is 0 Å². The lowest BCUT2D eigenvalue weighted by Gasteiger charge is -2.00. The van der Waals surface area contributed by atoms with E-state index < -0.39 is 0 Å². The fraction of sp³-hybridized carbons (Fsp3) is 0.385. The molecule has 1 heteroatoms. The van der Waals surface area contributed by atoms with Gasteiger partial charge < -0.3 is 0 Å². The maximum atomic E-state index is 2.33. The van der Waals surface area contributed by atoms with Crippen LogP contribution in [-0.2, 0) is 0 Å². The molecule has 0 saturated carbocycles. The minimum atomic E-state index is 1.21. The number of benzene rings is 1. The minimum Gasteiger partial charge on any atom is -0.0952 e. The molecule has 76 valence electrons. The highest BCUT2D eigenvalue weighted by atomic mass is 32.2. The summed E-state index contributed by atoms with van der Waals surface area (Å²) in [6.07, 6.45) is 6.12. The molecule has 0 aliphatic carbocycles. The molecule has 1 rings (SSSR count). The first-order valence-corrected chi connectivity index (χ1v) is 6.04. The van der Waals surface area contributed by atoms with Crippen LogP contribution in [0.15, 0.2) is 46.2 Å². The highest BCUT2D eigenvalue weighted by Gasteiger charge is 1.93. The summed E-state index contributed by atoms with van der Waals surface area (Å²) >= 11 is 1.86. The Hall–Kier alpha value is -0.690. The summed E-state index contributed by atoms with van der Waals surface area (Å²) in [4.78, 5) is 2.74. The molecule has 0 unspecified atom stereocenters. The van der Waals surface area contributed by atoms with Crippen molar-refractivity contribution in [3.8, 4) is 0 Å². The number of hydrogen-bond donors (Lipinski definition) is 0. The highest BCUT2D eigenvalue weighted by Crippen LogP contribution is 2.25. The van der Waals surface area contributed by atoms with Crippen LogP contribution in [0.1, 0.15) is 33.1 Å². The average molecular weight is 206 g/mol. The van der Waals surface area contributed by atoms with Crippen molar-refractivity contribution >= 4 is 11.8 Å². The summed E-state index contributed by atoms with van der Waals surface area (Å²) < 4.78 is 0. The molecule has 0 nitrogen and oxygen atoms in total. The zero-order chi connectivity index (χ0) is 10.2. The lowest BCUT2D eigenvalue weighted by Crippen LogP contribution is -1.73.